The van der Waals surface area contributed by atoms with Crippen molar-refractivity contribution in [3.8, 4) is 0 Å². The topological polar surface area (TPSA) is 56.0 Å². The van der Waals surface area contributed by atoms with Crippen molar-refractivity contribution in [1.29, 1.82) is 0 Å². The first kappa shape index (κ1) is 14.3. The fourth-order valence-electron chi connectivity index (χ4n) is 1.52. The number of carbonyl (C=O) groups is 1. The largest absolute Gasteiger partial charge is 0.618 e. The standard InChI is InChI=1S/C14H13FN2O2S/c15-12-6-4-11(5-7-12)9-16-13(18)10-20-14-3-1-2-8-17(14)19/h1-8H,9-10H2,(H,16,18). The first-order chi connectivity index (χ1) is 9.65. The van der Waals surface area contributed by atoms with Crippen molar-refractivity contribution in [2.24, 2.45) is 0 Å². The number of amides is 1. The predicted octanol–water partition coefficient (Wildman–Crippen LogP) is 1.87. The number of aromatic nitrogens is 1. The maximum atomic E-state index is 12.7. The second-order valence-electron chi connectivity index (χ2n) is 4.06. The molecule has 0 radical (unpaired) electrons. The van der Waals surface area contributed by atoms with Crippen LogP contribution in [0.3, 0.4) is 0 Å². The van der Waals surface area contributed by atoms with Gasteiger partial charge in [-0.3, -0.25) is 4.79 Å². The second kappa shape index (κ2) is 6.91. The molecular weight excluding hydrogens is 279 g/mol. The average molecular weight is 292 g/mol. The quantitative estimate of drug-likeness (QED) is 0.520. The van der Waals surface area contributed by atoms with Gasteiger partial charge in [0.25, 0.3) is 5.03 Å². The number of thioether (sulfide) groups is 1. The molecule has 0 aliphatic heterocycles. The summed E-state index contributed by atoms with van der Waals surface area (Å²) in [5, 5.41) is 14.6. The lowest BCUT2D eigenvalue weighted by Gasteiger charge is -2.05. The van der Waals surface area contributed by atoms with E-state index in [0.717, 1.165) is 10.3 Å². The Bertz CT molecular complexity index is 590. The van der Waals surface area contributed by atoms with Crippen LogP contribution in [0.15, 0.2) is 53.7 Å². The molecule has 1 N–H and O–H groups in total. The molecule has 0 unspecified atom stereocenters. The normalized spacial score (nSPS) is 10.2. The third-order valence-corrected chi connectivity index (χ3v) is 3.56. The molecule has 6 heteroatoms. The first-order valence-corrected chi connectivity index (χ1v) is 6.96. The Hall–Kier alpha value is -2.08. The lowest BCUT2D eigenvalue weighted by atomic mass is 10.2. The van der Waals surface area contributed by atoms with Gasteiger partial charge in [0.05, 0.1) is 5.75 Å². The average Bonchev–Trinajstić information content (AvgIpc) is 2.46. The lowest BCUT2D eigenvalue weighted by molar-refractivity contribution is -0.645. The van der Waals surface area contributed by atoms with Gasteiger partial charge in [-0.15, -0.1) is 0 Å². The number of hydrogen-bond donors (Lipinski definition) is 1. The van der Waals surface area contributed by atoms with Gasteiger partial charge in [0.1, 0.15) is 5.82 Å². The van der Waals surface area contributed by atoms with Crippen molar-refractivity contribution in [2.45, 2.75) is 11.6 Å². The number of nitrogens with zero attached hydrogens (tertiary/aromatic N) is 1. The van der Waals surface area contributed by atoms with Crippen LogP contribution in [0.1, 0.15) is 5.56 Å². The highest BCUT2D eigenvalue weighted by Crippen LogP contribution is 2.11. The molecule has 2 rings (SSSR count). The molecule has 1 aromatic heterocycles. The summed E-state index contributed by atoms with van der Waals surface area (Å²) in [7, 11) is 0. The molecule has 1 aromatic carbocycles. The van der Waals surface area contributed by atoms with Gasteiger partial charge in [-0.1, -0.05) is 12.1 Å². The molecule has 20 heavy (non-hydrogen) atoms. The molecular formula is C14H13FN2O2S. The summed E-state index contributed by atoms with van der Waals surface area (Å²) in [4.78, 5) is 11.7. The Morgan fingerprint density at radius 2 is 2.00 bits per heavy atom. The molecule has 0 fully saturated rings. The molecule has 0 saturated carbocycles. The van der Waals surface area contributed by atoms with Gasteiger partial charge in [0.15, 0.2) is 6.20 Å². The van der Waals surface area contributed by atoms with Gasteiger partial charge in [-0.2, -0.15) is 4.73 Å². The number of hydrogen-bond acceptors (Lipinski definition) is 3. The molecule has 4 nitrogen and oxygen atoms in total. The minimum Gasteiger partial charge on any atom is -0.618 e. The molecule has 0 aliphatic carbocycles. The third kappa shape index (κ3) is 4.24. The third-order valence-electron chi connectivity index (χ3n) is 2.54. The molecule has 0 aliphatic rings. The fraction of sp³-hybridized carbons (Fsp3) is 0.143. The van der Waals surface area contributed by atoms with Crippen LogP contribution in [0.25, 0.3) is 0 Å². The van der Waals surface area contributed by atoms with Gasteiger partial charge in [0.2, 0.25) is 5.91 Å². The van der Waals surface area contributed by atoms with Gasteiger partial charge in [-0.25, -0.2) is 4.39 Å². The molecule has 104 valence electrons. The number of carbonyl (C=O) groups excluding carboxylic acids is 1. The van der Waals surface area contributed by atoms with Crippen LogP contribution < -0.4 is 10.0 Å². The molecule has 0 spiro atoms. The molecule has 0 atom stereocenters. The van der Waals surface area contributed by atoms with E-state index in [1.165, 1.54) is 30.1 Å². The minimum absolute atomic E-state index is 0.160. The van der Waals surface area contributed by atoms with Gasteiger partial charge >= 0.3 is 0 Å². The Kier molecular flexibility index (Phi) is 4.95. The van der Waals surface area contributed by atoms with E-state index < -0.39 is 0 Å². The fourth-order valence-corrected chi connectivity index (χ4v) is 2.26. The summed E-state index contributed by atoms with van der Waals surface area (Å²) >= 11 is 1.17. The molecule has 0 bridgehead atoms. The van der Waals surface area contributed by atoms with Crippen molar-refractivity contribution < 1.29 is 13.9 Å². The van der Waals surface area contributed by atoms with Crippen LogP contribution in [0.4, 0.5) is 4.39 Å². The van der Waals surface area contributed by atoms with E-state index >= 15 is 0 Å². The number of rotatable bonds is 5. The highest BCUT2D eigenvalue weighted by Gasteiger charge is 2.08. The van der Waals surface area contributed by atoms with E-state index in [1.807, 2.05) is 0 Å². The Labute approximate surface area is 120 Å². The summed E-state index contributed by atoms with van der Waals surface area (Å²) in [6.07, 6.45) is 1.39. The monoisotopic (exact) mass is 292 g/mol. The first-order valence-electron chi connectivity index (χ1n) is 5.97. The zero-order valence-electron chi connectivity index (χ0n) is 10.6. The van der Waals surface area contributed by atoms with Gasteiger partial charge in [-0.05, 0) is 35.5 Å². The number of nitrogens with one attached hydrogen (secondary N) is 1. The van der Waals surface area contributed by atoms with Crippen LogP contribution in [0, 0.1) is 11.0 Å². The smallest absolute Gasteiger partial charge is 0.251 e. The Morgan fingerprint density at radius 3 is 2.70 bits per heavy atom. The minimum atomic E-state index is -0.306. The van der Waals surface area contributed by atoms with Crippen molar-refractivity contribution in [3.63, 3.8) is 0 Å². The maximum Gasteiger partial charge on any atom is 0.251 e. The number of halogens is 1. The van der Waals surface area contributed by atoms with Crippen molar-refractivity contribution in [1.82, 2.24) is 5.32 Å². The molecule has 0 saturated heterocycles. The maximum absolute atomic E-state index is 12.7. The van der Waals surface area contributed by atoms with Crippen molar-refractivity contribution >= 4 is 17.7 Å². The van der Waals surface area contributed by atoms with E-state index in [-0.39, 0.29) is 17.5 Å². The van der Waals surface area contributed by atoms with E-state index in [4.69, 9.17) is 0 Å². The van der Waals surface area contributed by atoms with E-state index in [2.05, 4.69) is 5.32 Å². The van der Waals surface area contributed by atoms with E-state index in [9.17, 15) is 14.4 Å². The number of benzene rings is 1. The van der Waals surface area contributed by atoms with Crippen molar-refractivity contribution in [3.05, 3.63) is 65.2 Å². The lowest BCUT2D eigenvalue weighted by Crippen LogP contribution is -2.29. The number of pyridine rings is 1. The van der Waals surface area contributed by atoms with Crippen LogP contribution in [0.5, 0.6) is 0 Å². The molecule has 1 heterocycles. The summed E-state index contributed by atoms with van der Waals surface area (Å²) in [6.45, 7) is 0.339. The van der Waals surface area contributed by atoms with Crippen LogP contribution in [0.2, 0.25) is 0 Å². The Morgan fingerprint density at radius 1 is 1.25 bits per heavy atom. The van der Waals surface area contributed by atoms with Crippen LogP contribution in [-0.2, 0) is 11.3 Å². The summed E-state index contributed by atoms with van der Waals surface area (Å²) < 4.78 is 13.4. The Balaban J connectivity index is 1.78. The SMILES string of the molecule is O=C(CSc1cccc[n+]1[O-])NCc1ccc(F)cc1. The highest BCUT2D eigenvalue weighted by atomic mass is 32.2. The zero-order valence-corrected chi connectivity index (χ0v) is 11.4. The van der Waals surface area contributed by atoms with Gasteiger partial charge in [0, 0.05) is 18.7 Å². The van der Waals surface area contributed by atoms with Gasteiger partial charge < -0.3 is 10.5 Å². The zero-order chi connectivity index (χ0) is 14.4. The molecule has 1 amide bonds. The highest BCUT2D eigenvalue weighted by molar-refractivity contribution is 7.99. The van der Waals surface area contributed by atoms with Crippen LogP contribution >= 0.6 is 11.8 Å². The van der Waals surface area contributed by atoms with Crippen molar-refractivity contribution in [2.75, 3.05) is 5.75 Å². The summed E-state index contributed by atoms with van der Waals surface area (Å²) in [6, 6.07) is 11.0. The summed E-state index contributed by atoms with van der Waals surface area (Å²) in [5.41, 5.74) is 0.823. The van der Waals surface area contributed by atoms with E-state index in [0.29, 0.717) is 11.6 Å². The van der Waals surface area contributed by atoms with Crippen LogP contribution in [-0.4, -0.2) is 11.7 Å². The second-order valence-corrected chi connectivity index (χ2v) is 5.05. The summed E-state index contributed by atoms with van der Waals surface area (Å²) in [5.74, 6) is -0.323. The van der Waals surface area contributed by atoms with E-state index in [1.54, 1.807) is 30.3 Å². The predicted molar refractivity (Wildman–Crippen MR) is 74.4 cm³/mol. The molecule has 2 aromatic rings.